The van der Waals surface area contributed by atoms with Gasteiger partial charge in [-0.15, -0.1) is 11.3 Å². The zero-order valence-electron chi connectivity index (χ0n) is 16.7. The average molecular weight is 435 g/mol. The number of hydrogen-bond donors (Lipinski definition) is 1. The first-order valence-electron chi connectivity index (χ1n) is 9.07. The molecule has 0 fully saturated rings. The molecule has 2 amide bonds. The van der Waals surface area contributed by atoms with Crippen LogP contribution in [0.25, 0.3) is 6.08 Å². The fourth-order valence-electron chi connectivity index (χ4n) is 2.71. The number of esters is 1. The van der Waals surface area contributed by atoms with Crippen molar-refractivity contribution in [2.24, 2.45) is 0 Å². The van der Waals surface area contributed by atoms with E-state index >= 15 is 0 Å². The Kier molecular flexibility index (Phi) is 7.99. The number of benzene rings is 1. The van der Waals surface area contributed by atoms with Crippen LogP contribution in [0, 0.1) is 6.92 Å². The number of methoxy groups -OCH3 is 1. The molecule has 1 heterocycles. The first-order chi connectivity index (χ1) is 13.8. The lowest BCUT2D eigenvalue weighted by Gasteiger charge is -2.17. The lowest BCUT2D eigenvalue weighted by molar-refractivity contribution is -0.111. The van der Waals surface area contributed by atoms with Gasteiger partial charge in [0.05, 0.1) is 17.6 Å². The van der Waals surface area contributed by atoms with E-state index in [-0.39, 0.29) is 16.5 Å². The molecule has 0 aliphatic heterocycles. The van der Waals surface area contributed by atoms with Crippen molar-refractivity contribution in [3.63, 3.8) is 0 Å². The highest BCUT2D eigenvalue weighted by atomic mass is 35.5. The predicted octanol–water partition coefficient (Wildman–Crippen LogP) is 4.63. The number of ether oxygens (including phenoxy) is 1. The van der Waals surface area contributed by atoms with Crippen molar-refractivity contribution in [2.45, 2.75) is 20.8 Å². The van der Waals surface area contributed by atoms with Gasteiger partial charge in [-0.25, -0.2) is 4.79 Å². The van der Waals surface area contributed by atoms with Gasteiger partial charge in [-0.3, -0.25) is 9.59 Å². The monoisotopic (exact) mass is 434 g/mol. The van der Waals surface area contributed by atoms with E-state index in [9.17, 15) is 14.4 Å². The molecule has 0 unspecified atom stereocenters. The number of halogens is 1. The Morgan fingerprint density at radius 2 is 1.79 bits per heavy atom. The van der Waals surface area contributed by atoms with E-state index in [0.717, 1.165) is 16.9 Å². The number of carbonyl (C=O) groups excluding carboxylic acids is 3. The lowest BCUT2D eigenvalue weighted by Crippen LogP contribution is -2.30. The summed E-state index contributed by atoms with van der Waals surface area (Å²) in [5, 5.41) is 3.59. The van der Waals surface area contributed by atoms with Crippen molar-refractivity contribution in [1.29, 1.82) is 0 Å². The van der Waals surface area contributed by atoms with Crippen molar-refractivity contribution in [1.82, 2.24) is 4.90 Å². The Balaban J connectivity index is 2.31. The first-order valence-corrected chi connectivity index (χ1v) is 10.3. The second kappa shape index (κ2) is 10.2. The SMILES string of the molecule is CCN(CC)C(=O)c1sc(NC(=O)/C=C/c2ccc(Cl)cc2)c(C(=O)OC)c1C. The van der Waals surface area contributed by atoms with E-state index in [1.54, 1.807) is 42.2 Å². The standard InChI is InChI=1S/C21H23ClN2O4S/c1-5-24(6-2)20(26)18-13(3)17(21(27)28-4)19(29-18)23-16(25)12-9-14-7-10-15(22)11-8-14/h7-12H,5-6H2,1-4H3,(H,23,25)/b12-9+. The Morgan fingerprint density at radius 3 is 2.34 bits per heavy atom. The molecule has 29 heavy (non-hydrogen) atoms. The van der Waals surface area contributed by atoms with Crippen LogP contribution in [0.3, 0.4) is 0 Å². The highest BCUT2D eigenvalue weighted by molar-refractivity contribution is 7.18. The van der Waals surface area contributed by atoms with Crippen molar-refractivity contribution in [2.75, 3.05) is 25.5 Å². The van der Waals surface area contributed by atoms with E-state index in [0.29, 0.717) is 28.6 Å². The zero-order valence-corrected chi connectivity index (χ0v) is 18.3. The minimum absolute atomic E-state index is 0.181. The van der Waals surface area contributed by atoms with Crippen LogP contribution in [0.4, 0.5) is 5.00 Å². The van der Waals surface area contributed by atoms with Crippen LogP contribution in [0.2, 0.25) is 5.02 Å². The Labute approximate surface area is 179 Å². The number of nitrogens with one attached hydrogen (secondary N) is 1. The highest BCUT2D eigenvalue weighted by Crippen LogP contribution is 2.34. The molecular weight excluding hydrogens is 412 g/mol. The van der Waals surface area contributed by atoms with Gasteiger partial charge in [0.15, 0.2) is 0 Å². The summed E-state index contributed by atoms with van der Waals surface area (Å²) in [6, 6.07) is 7.01. The smallest absolute Gasteiger partial charge is 0.341 e. The summed E-state index contributed by atoms with van der Waals surface area (Å²) >= 11 is 6.93. The number of thiophene rings is 1. The molecule has 2 aromatic rings. The molecule has 154 valence electrons. The predicted molar refractivity (Wildman–Crippen MR) is 117 cm³/mol. The van der Waals surface area contributed by atoms with Crippen LogP contribution in [-0.2, 0) is 9.53 Å². The van der Waals surface area contributed by atoms with Crippen molar-refractivity contribution < 1.29 is 19.1 Å². The van der Waals surface area contributed by atoms with Gasteiger partial charge in [0.25, 0.3) is 5.91 Å². The van der Waals surface area contributed by atoms with E-state index in [4.69, 9.17) is 16.3 Å². The lowest BCUT2D eigenvalue weighted by atomic mass is 10.1. The topological polar surface area (TPSA) is 75.7 Å². The molecule has 2 rings (SSSR count). The summed E-state index contributed by atoms with van der Waals surface area (Å²) in [4.78, 5) is 39.5. The quantitative estimate of drug-likeness (QED) is 0.509. The van der Waals surface area contributed by atoms with Gasteiger partial charge in [-0.1, -0.05) is 23.7 Å². The Morgan fingerprint density at radius 1 is 1.17 bits per heavy atom. The molecule has 6 nitrogen and oxygen atoms in total. The zero-order chi connectivity index (χ0) is 21.6. The summed E-state index contributed by atoms with van der Waals surface area (Å²) in [5.41, 5.74) is 1.49. The molecule has 0 radical (unpaired) electrons. The van der Waals surface area contributed by atoms with Gasteiger partial charge in [-0.05, 0) is 50.1 Å². The minimum Gasteiger partial charge on any atom is -0.465 e. The number of hydrogen-bond acceptors (Lipinski definition) is 5. The van der Waals surface area contributed by atoms with Crippen molar-refractivity contribution >= 4 is 51.8 Å². The molecule has 0 aliphatic rings. The fraction of sp³-hybridized carbons (Fsp3) is 0.286. The number of rotatable bonds is 7. The van der Waals surface area contributed by atoms with Gasteiger partial charge in [0.2, 0.25) is 5.91 Å². The third kappa shape index (κ3) is 5.46. The molecule has 1 N–H and O–H groups in total. The van der Waals surface area contributed by atoms with Crippen molar-refractivity contribution in [3.05, 3.63) is 56.9 Å². The molecular formula is C21H23ClN2O4S. The van der Waals surface area contributed by atoms with Gasteiger partial charge in [0.1, 0.15) is 5.00 Å². The highest BCUT2D eigenvalue weighted by Gasteiger charge is 2.27. The maximum atomic E-state index is 12.8. The summed E-state index contributed by atoms with van der Waals surface area (Å²) in [5.74, 6) is -1.21. The summed E-state index contributed by atoms with van der Waals surface area (Å²) in [6.07, 6.45) is 2.98. The molecule has 0 bridgehead atoms. The molecule has 0 saturated carbocycles. The van der Waals surface area contributed by atoms with Crippen LogP contribution in [0.1, 0.15) is 45.0 Å². The molecule has 0 aliphatic carbocycles. The second-order valence-corrected chi connectivity index (χ2v) is 7.56. The maximum Gasteiger partial charge on any atom is 0.341 e. The van der Waals surface area contributed by atoms with E-state index in [1.165, 1.54) is 13.2 Å². The molecule has 0 spiro atoms. The number of anilines is 1. The molecule has 1 aromatic heterocycles. The van der Waals surface area contributed by atoms with Gasteiger partial charge >= 0.3 is 5.97 Å². The largest absolute Gasteiger partial charge is 0.465 e. The second-order valence-electron chi connectivity index (χ2n) is 6.10. The van der Waals surface area contributed by atoms with Gasteiger partial charge in [0, 0.05) is 24.2 Å². The number of carbonyl (C=O) groups is 3. The Hall–Kier alpha value is -2.64. The van der Waals surface area contributed by atoms with Crippen LogP contribution in [0.5, 0.6) is 0 Å². The summed E-state index contributed by atoms with van der Waals surface area (Å²) < 4.78 is 4.85. The molecule has 8 heteroatoms. The van der Waals surface area contributed by atoms with E-state index in [2.05, 4.69) is 5.32 Å². The molecule has 1 aromatic carbocycles. The molecule has 0 atom stereocenters. The van der Waals surface area contributed by atoms with Crippen LogP contribution < -0.4 is 5.32 Å². The maximum absolute atomic E-state index is 12.8. The van der Waals surface area contributed by atoms with Gasteiger partial charge < -0.3 is 15.0 Å². The molecule has 0 saturated heterocycles. The summed E-state index contributed by atoms with van der Waals surface area (Å²) in [7, 11) is 1.26. The van der Waals surface area contributed by atoms with Crippen molar-refractivity contribution in [3.8, 4) is 0 Å². The Bertz CT molecular complexity index is 931. The number of nitrogens with zero attached hydrogens (tertiary/aromatic N) is 1. The average Bonchev–Trinajstić information content (AvgIpc) is 3.03. The minimum atomic E-state index is -0.602. The number of amides is 2. The third-order valence-corrected chi connectivity index (χ3v) is 5.76. The van der Waals surface area contributed by atoms with E-state index in [1.807, 2.05) is 13.8 Å². The van der Waals surface area contributed by atoms with Crippen LogP contribution in [0.15, 0.2) is 30.3 Å². The van der Waals surface area contributed by atoms with E-state index < -0.39 is 11.9 Å². The third-order valence-electron chi connectivity index (χ3n) is 4.32. The summed E-state index contributed by atoms with van der Waals surface area (Å²) in [6.45, 7) is 6.54. The van der Waals surface area contributed by atoms with Crippen LogP contribution >= 0.6 is 22.9 Å². The van der Waals surface area contributed by atoms with Crippen LogP contribution in [-0.4, -0.2) is 42.9 Å². The fourth-order valence-corrected chi connectivity index (χ4v) is 4.00. The van der Waals surface area contributed by atoms with Gasteiger partial charge in [-0.2, -0.15) is 0 Å². The normalized spacial score (nSPS) is 10.8. The first kappa shape index (κ1) is 22.6.